The number of rotatable bonds is 5. The fourth-order valence-electron chi connectivity index (χ4n) is 3.45. The molecule has 0 bridgehead atoms. The van der Waals surface area contributed by atoms with Crippen molar-refractivity contribution in [1.29, 1.82) is 0 Å². The van der Waals surface area contributed by atoms with Crippen molar-refractivity contribution >= 4 is 11.9 Å². The van der Waals surface area contributed by atoms with Gasteiger partial charge in [-0.3, -0.25) is 4.79 Å². The van der Waals surface area contributed by atoms with Gasteiger partial charge in [0, 0.05) is 5.92 Å². The quantitative estimate of drug-likeness (QED) is 0.841. The summed E-state index contributed by atoms with van der Waals surface area (Å²) >= 11 is 0. The van der Waals surface area contributed by atoms with Crippen molar-refractivity contribution in [2.75, 3.05) is 0 Å². The normalized spacial score (nSPS) is 23.5. The molecule has 0 aliphatic heterocycles. The van der Waals surface area contributed by atoms with Gasteiger partial charge in [0.2, 0.25) is 5.91 Å². The van der Waals surface area contributed by atoms with Crippen LogP contribution in [-0.2, 0) is 15.1 Å². The molecule has 4 nitrogen and oxygen atoms in total. The Labute approximate surface area is 144 Å². The van der Waals surface area contributed by atoms with E-state index >= 15 is 0 Å². The first kappa shape index (κ1) is 19.3. The second-order valence-electron chi connectivity index (χ2n) is 6.52. The highest BCUT2D eigenvalue weighted by Crippen LogP contribution is 2.40. The second kappa shape index (κ2) is 7.45. The molecule has 1 aromatic rings. The van der Waals surface area contributed by atoms with Crippen molar-refractivity contribution in [1.82, 2.24) is 5.32 Å². The first-order chi connectivity index (χ1) is 11.7. The molecule has 0 heterocycles. The van der Waals surface area contributed by atoms with Gasteiger partial charge in [0.1, 0.15) is 0 Å². The SMILES string of the molecule is CCC(NC(=O)C1CCCC(C(F)(F)F)C1)(C(=O)O)c1ccccc1. The third-order valence-corrected chi connectivity index (χ3v) is 5.01. The van der Waals surface area contributed by atoms with Crippen LogP contribution in [0.15, 0.2) is 30.3 Å². The molecule has 2 rings (SSSR count). The molecule has 138 valence electrons. The minimum absolute atomic E-state index is 0.0177. The monoisotopic (exact) mass is 357 g/mol. The summed E-state index contributed by atoms with van der Waals surface area (Å²) in [4.78, 5) is 24.5. The van der Waals surface area contributed by atoms with E-state index in [1.807, 2.05) is 0 Å². The Morgan fingerprint density at radius 3 is 2.36 bits per heavy atom. The fraction of sp³-hybridized carbons (Fsp3) is 0.556. The van der Waals surface area contributed by atoms with Crippen molar-refractivity contribution in [2.45, 2.75) is 50.7 Å². The number of carboxylic acid groups (broad SMARTS) is 1. The number of aliphatic carboxylic acids is 1. The van der Waals surface area contributed by atoms with Crippen LogP contribution >= 0.6 is 0 Å². The summed E-state index contributed by atoms with van der Waals surface area (Å²) in [5.41, 5.74) is -1.23. The molecule has 3 atom stereocenters. The average Bonchev–Trinajstić information content (AvgIpc) is 2.59. The van der Waals surface area contributed by atoms with E-state index in [1.54, 1.807) is 37.3 Å². The number of benzene rings is 1. The highest BCUT2D eigenvalue weighted by molar-refractivity contribution is 5.89. The van der Waals surface area contributed by atoms with Crippen LogP contribution in [0, 0.1) is 11.8 Å². The summed E-state index contributed by atoms with van der Waals surface area (Å²) in [6.45, 7) is 1.63. The molecule has 0 spiro atoms. The van der Waals surface area contributed by atoms with Crippen LogP contribution < -0.4 is 5.32 Å². The molecular weight excluding hydrogens is 335 g/mol. The molecule has 25 heavy (non-hydrogen) atoms. The van der Waals surface area contributed by atoms with E-state index < -0.39 is 35.4 Å². The zero-order valence-corrected chi connectivity index (χ0v) is 14.0. The lowest BCUT2D eigenvalue weighted by molar-refractivity contribution is -0.186. The van der Waals surface area contributed by atoms with E-state index in [0.29, 0.717) is 18.4 Å². The fourth-order valence-corrected chi connectivity index (χ4v) is 3.45. The van der Waals surface area contributed by atoms with E-state index in [2.05, 4.69) is 5.32 Å². The third kappa shape index (κ3) is 4.14. The van der Waals surface area contributed by atoms with Crippen molar-refractivity contribution in [3.05, 3.63) is 35.9 Å². The zero-order chi connectivity index (χ0) is 18.7. The Morgan fingerprint density at radius 2 is 1.84 bits per heavy atom. The lowest BCUT2D eigenvalue weighted by Gasteiger charge is -2.34. The molecular formula is C18H22F3NO3. The number of hydrogen-bond donors (Lipinski definition) is 2. The van der Waals surface area contributed by atoms with E-state index in [0.717, 1.165) is 0 Å². The zero-order valence-electron chi connectivity index (χ0n) is 14.0. The Morgan fingerprint density at radius 1 is 1.20 bits per heavy atom. The highest BCUT2D eigenvalue weighted by atomic mass is 19.4. The largest absolute Gasteiger partial charge is 0.479 e. The first-order valence-corrected chi connectivity index (χ1v) is 8.38. The van der Waals surface area contributed by atoms with Gasteiger partial charge in [0.15, 0.2) is 5.54 Å². The van der Waals surface area contributed by atoms with Gasteiger partial charge in [-0.15, -0.1) is 0 Å². The number of carboxylic acids is 1. The molecule has 1 amide bonds. The Bertz CT molecular complexity index is 618. The van der Waals surface area contributed by atoms with E-state index in [9.17, 15) is 27.9 Å². The first-order valence-electron chi connectivity index (χ1n) is 8.38. The average molecular weight is 357 g/mol. The Kier molecular flexibility index (Phi) is 5.75. The van der Waals surface area contributed by atoms with E-state index in [-0.39, 0.29) is 19.3 Å². The Balaban J connectivity index is 2.22. The molecule has 0 aromatic heterocycles. The minimum Gasteiger partial charge on any atom is -0.479 e. The van der Waals surface area contributed by atoms with Crippen LogP contribution in [0.3, 0.4) is 0 Å². The highest BCUT2D eigenvalue weighted by Gasteiger charge is 2.46. The van der Waals surface area contributed by atoms with Crippen LogP contribution in [0.5, 0.6) is 0 Å². The third-order valence-electron chi connectivity index (χ3n) is 5.01. The number of halogens is 3. The van der Waals surface area contributed by atoms with Crippen LogP contribution in [0.4, 0.5) is 13.2 Å². The molecule has 1 fully saturated rings. The predicted molar refractivity (Wildman–Crippen MR) is 85.7 cm³/mol. The van der Waals surface area contributed by atoms with Crippen LogP contribution in [0.1, 0.15) is 44.6 Å². The maximum Gasteiger partial charge on any atom is 0.391 e. The number of amides is 1. The van der Waals surface area contributed by atoms with Gasteiger partial charge in [0.25, 0.3) is 0 Å². The summed E-state index contributed by atoms with van der Waals surface area (Å²) in [6, 6.07) is 8.24. The molecule has 0 saturated heterocycles. The number of carbonyl (C=O) groups is 2. The van der Waals surface area contributed by atoms with Gasteiger partial charge in [-0.1, -0.05) is 43.7 Å². The summed E-state index contributed by atoms with van der Waals surface area (Å²) in [6.07, 6.45) is -3.86. The molecule has 1 aromatic carbocycles. The van der Waals surface area contributed by atoms with Gasteiger partial charge in [-0.05, 0) is 31.2 Å². The van der Waals surface area contributed by atoms with Gasteiger partial charge < -0.3 is 10.4 Å². The summed E-state index contributed by atoms with van der Waals surface area (Å²) in [5, 5.41) is 12.2. The van der Waals surface area contributed by atoms with Crippen LogP contribution in [0.25, 0.3) is 0 Å². The summed E-state index contributed by atoms with van der Waals surface area (Å²) in [5.74, 6) is -4.18. The van der Waals surface area contributed by atoms with Gasteiger partial charge in [-0.25, -0.2) is 4.79 Å². The number of hydrogen-bond acceptors (Lipinski definition) is 2. The van der Waals surface area contributed by atoms with Crippen molar-refractivity contribution in [3.8, 4) is 0 Å². The smallest absolute Gasteiger partial charge is 0.391 e. The summed E-state index contributed by atoms with van der Waals surface area (Å²) in [7, 11) is 0. The summed E-state index contributed by atoms with van der Waals surface area (Å²) < 4.78 is 38.8. The molecule has 3 unspecified atom stereocenters. The number of carbonyl (C=O) groups excluding carboxylic acids is 1. The topological polar surface area (TPSA) is 66.4 Å². The lowest BCUT2D eigenvalue weighted by atomic mass is 9.79. The van der Waals surface area contributed by atoms with Crippen molar-refractivity contribution < 1.29 is 27.9 Å². The maximum absolute atomic E-state index is 12.9. The molecule has 7 heteroatoms. The predicted octanol–water partition coefficient (Wildman–Crippen LogP) is 3.86. The Hall–Kier alpha value is -2.05. The number of nitrogens with one attached hydrogen (secondary N) is 1. The lowest BCUT2D eigenvalue weighted by Crippen LogP contribution is -2.53. The van der Waals surface area contributed by atoms with Gasteiger partial charge >= 0.3 is 12.1 Å². The van der Waals surface area contributed by atoms with Crippen LogP contribution in [0.2, 0.25) is 0 Å². The van der Waals surface area contributed by atoms with Crippen molar-refractivity contribution in [3.63, 3.8) is 0 Å². The molecule has 1 aliphatic rings. The molecule has 0 radical (unpaired) electrons. The van der Waals surface area contributed by atoms with E-state index in [1.165, 1.54) is 0 Å². The maximum atomic E-state index is 12.9. The van der Waals surface area contributed by atoms with E-state index in [4.69, 9.17) is 0 Å². The molecule has 2 N–H and O–H groups in total. The van der Waals surface area contributed by atoms with Gasteiger partial charge in [-0.2, -0.15) is 13.2 Å². The second-order valence-corrected chi connectivity index (χ2v) is 6.52. The minimum atomic E-state index is -4.33. The van der Waals surface area contributed by atoms with Crippen molar-refractivity contribution in [2.24, 2.45) is 11.8 Å². The standard InChI is InChI=1S/C18H22F3NO3/c1-2-17(16(24)25,13-8-4-3-5-9-13)22-15(23)12-7-6-10-14(11-12)18(19,20)21/h3-5,8-9,12,14H,2,6-7,10-11H2,1H3,(H,22,23)(H,24,25). The van der Waals surface area contributed by atoms with Crippen LogP contribution in [-0.4, -0.2) is 23.2 Å². The molecule has 1 saturated carbocycles. The molecule has 1 aliphatic carbocycles. The number of alkyl halides is 3. The van der Waals surface area contributed by atoms with Gasteiger partial charge in [0.05, 0.1) is 5.92 Å².